The third kappa shape index (κ3) is 2.22. The van der Waals surface area contributed by atoms with E-state index in [2.05, 4.69) is 0 Å². The predicted octanol–water partition coefficient (Wildman–Crippen LogP) is 3.33. The average Bonchev–Trinajstić information content (AvgIpc) is 2.31. The van der Waals surface area contributed by atoms with E-state index in [-0.39, 0.29) is 6.54 Å². The number of nitrogens with one attached hydrogen (secondary N) is 1. The molecule has 2 aromatic rings. The molecule has 0 unspecified atom stereocenters. The van der Waals surface area contributed by atoms with E-state index in [0.29, 0.717) is 0 Å². The molecule has 0 bridgehead atoms. The van der Waals surface area contributed by atoms with E-state index in [9.17, 15) is 4.48 Å². The van der Waals surface area contributed by atoms with Crippen LogP contribution in [0.4, 0.5) is 4.48 Å². The Morgan fingerprint density at radius 2 is 1.53 bits per heavy atom. The highest BCUT2D eigenvalue weighted by molar-refractivity contribution is 5.67. The maximum absolute atomic E-state index is 12.1. The van der Waals surface area contributed by atoms with Gasteiger partial charge in [-0.2, -0.15) is 5.54 Å². The Morgan fingerprint density at radius 1 is 0.867 bits per heavy atom. The average molecular weight is 201 g/mol. The topological polar surface area (TPSA) is 12.0 Å². The van der Waals surface area contributed by atoms with Crippen LogP contribution in [0.2, 0.25) is 0 Å². The molecule has 0 fully saturated rings. The second-order valence-corrected chi connectivity index (χ2v) is 3.33. The number of rotatable bonds is 3. The van der Waals surface area contributed by atoms with Gasteiger partial charge in [0.25, 0.3) is 0 Å². The van der Waals surface area contributed by atoms with Crippen molar-refractivity contribution in [3.8, 4) is 11.1 Å². The summed E-state index contributed by atoms with van der Waals surface area (Å²) in [5.41, 5.74) is 4.84. The van der Waals surface area contributed by atoms with Crippen LogP contribution < -0.4 is 5.54 Å². The van der Waals surface area contributed by atoms with Gasteiger partial charge in [0.2, 0.25) is 0 Å². The first-order valence-corrected chi connectivity index (χ1v) is 4.88. The van der Waals surface area contributed by atoms with Gasteiger partial charge in [0.05, 0.1) is 6.54 Å². The van der Waals surface area contributed by atoms with Gasteiger partial charge >= 0.3 is 0 Å². The number of hydrogen-bond donors (Lipinski definition) is 1. The molecule has 0 saturated carbocycles. The fourth-order valence-electron chi connectivity index (χ4n) is 1.65. The van der Waals surface area contributed by atoms with Gasteiger partial charge in [-0.3, -0.25) is 0 Å². The first-order chi connectivity index (χ1) is 7.42. The van der Waals surface area contributed by atoms with Crippen molar-refractivity contribution >= 4 is 0 Å². The molecule has 0 aromatic heterocycles. The van der Waals surface area contributed by atoms with Crippen molar-refractivity contribution in [3.05, 3.63) is 60.2 Å². The maximum Gasteiger partial charge on any atom is 0.0516 e. The van der Waals surface area contributed by atoms with E-state index in [1.165, 1.54) is 0 Å². The lowest BCUT2D eigenvalue weighted by Gasteiger charge is -2.07. The number of halogens is 1. The van der Waals surface area contributed by atoms with Crippen molar-refractivity contribution in [2.45, 2.75) is 6.54 Å². The highest BCUT2D eigenvalue weighted by Gasteiger charge is 2.02. The Kier molecular flexibility index (Phi) is 3.10. The van der Waals surface area contributed by atoms with Gasteiger partial charge in [0.15, 0.2) is 0 Å². The standard InChI is InChI=1S/C13H12FN/c14-15-10-12-8-4-5-9-13(12)11-6-2-1-3-7-11/h1-9,15H,10H2. The summed E-state index contributed by atoms with van der Waals surface area (Å²) in [6.45, 7) is 0.241. The van der Waals surface area contributed by atoms with E-state index in [1.54, 1.807) is 5.54 Å². The monoisotopic (exact) mass is 201 g/mol. The van der Waals surface area contributed by atoms with Crippen molar-refractivity contribution in [2.24, 2.45) is 0 Å². The van der Waals surface area contributed by atoms with Crippen LogP contribution in [0.3, 0.4) is 0 Å². The molecule has 0 aliphatic heterocycles. The molecule has 0 atom stereocenters. The van der Waals surface area contributed by atoms with Gasteiger partial charge in [-0.1, -0.05) is 54.6 Å². The fourth-order valence-corrected chi connectivity index (χ4v) is 1.65. The highest BCUT2D eigenvalue weighted by Crippen LogP contribution is 2.22. The maximum atomic E-state index is 12.1. The van der Waals surface area contributed by atoms with Crippen molar-refractivity contribution in [1.29, 1.82) is 0 Å². The lowest BCUT2D eigenvalue weighted by atomic mass is 10.00. The summed E-state index contributed by atoms with van der Waals surface area (Å²) >= 11 is 0. The van der Waals surface area contributed by atoms with Gasteiger partial charge in [-0.05, 0) is 16.7 Å². The summed E-state index contributed by atoms with van der Waals surface area (Å²) < 4.78 is 12.1. The molecule has 1 nitrogen and oxygen atoms in total. The van der Waals surface area contributed by atoms with Crippen molar-refractivity contribution in [2.75, 3.05) is 0 Å². The molecule has 76 valence electrons. The minimum absolute atomic E-state index is 0.241. The molecule has 0 spiro atoms. The van der Waals surface area contributed by atoms with Gasteiger partial charge in [-0.25, -0.2) is 0 Å². The molecule has 0 aliphatic rings. The van der Waals surface area contributed by atoms with E-state index in [4.69, 9.17) is 0 Å². The summed E-state index contributed by atoms with van der Waals surface area (Å²) in [4.78, 5) is 0. The second kappa shape index (κ2) is 4.71. The molecule has 0 saturated heterocycles. The minimum Gasteiger partial charge on any atom is -0.155 e. The van der Waals surface area contributed by atoms with E-state index in [0.717, 1.165) is 16.7 Å². The first kappa shape index (κ1) is 9.87. The Balaban J connectivity index is 2.43. The summed E-state index contributed by atoms with van der Waals surface area (Å²) in [5, 5.41) is 0. The summed E-state index contributed by atoms with van der Waals surface area (Å²) in [7, 11) is 0. The quantitative estimate of drug-likeness (QED) is 0.751. The van der Waals surface area contributed by atoms with Crippen LogP contribution in [0.25, 0.3) is 11.1 Å². The van der Waals surface area contributed by atoms with E-state index in [1.807, 2.05) is 54.6 Å². The summed E-state index contributed by atoms with van der Waals surface area (Å²) in [6.07, 6.45) is 0. The second-order valence-electron chi connectivity index (χ2n) is 3.33. The Hall–Kier alpha value is -1.67. The van der Waals surface area contributed by atoms with Crippen LogP contribution in [0.5, 0.6) is 0 Å². The number of hydrogen-bond acceptors (Lipinski definition) is 1. The normalized spacial score (nSPS) is 10.2. The third-order valence-corrected chi connectivity index (χ3v) is 2.36. The molecule has 15 heavy (non-hydrogen) atoms. The Morgan fingerprint density at radius 3 is 2.27 bits per heavy atom. The Bertz CT molecular complexity index is 426. The van der Waals surface area contributed by atoms with Gasteiger partial charge in [-0.15, -0.1) is 4.48 Å². The van der Waals surface area contributed by atoms with Crippen molar-refractivity contribution < 1.29 is 4.48 Å². The van der Waals surface area contributed by atoms with Crippen LogP contribution in [0.15, 0.2) is 54.6 Å². The smallest absolute Gasteiger partial charge is 0.0516 e. The van der Waals surface area contributed by atoms with Crippen LogP contribution in [-0.2, 0) is 6.54 Å². The molecule has 1 N–H and O–H groups in total. The SMILES string of the molecule is FNCc1ccccc1-c1ccccc1. The third-order valence-electron chi connectivity index (χ3n) is 2.36. The summed E-state index contributed by atoms with van der Waals surface area (Å²) in [5.74, 6) is 0. The van der Waals surface area contributed by atoms with Crippen LogP contribution in [-0.4, -0.2) is 0 Å². The lowest BCUT2D eigenvalue weighted by Crippen LogP contribution is -2.01. The molecule has 0 heterocycles. The first-order valence-electron chi connectivity index (χ1n) is 4.88. The zero-order valence-corrected chi connectivity index (χ0v) is 8.28. The molecule has 2 heteroatoms. The van der Waals surface area contributed by atoms with Crippen LogP contribution >= 0.6 is 0 Å². The zero-order chi connectivity index (χ0) is 10.5. The number of benzene rings is 2. The molecular formula is C13H12FN. The highest BCUT2D eigenvalue weighted by atomic mass is 19.2. The van der Waals surface area contributed by atoms with E-state index < -0.39 is 0 Å². The molecule has 0 aliphatic carbocycles. The predicted molar refractivity (Wildman–Crippen MR) is 59.8 cm³/mol. The van der Waals surface area contributed by atoms with E-state index >= 15 is 0 Å². The molecule has 2 rings (SSSR count). The van der Waals surface area contributed by atoms with Gasteiger partial charge in [0, 0.05) is 0 Å². The molecule has 0 amide bonds. The van der Waals surface area contributed by atoms with Gasteiger partial charge in [0.1, 0.15) is 0 Å². The zero-order valence-electron chi connectivity index (χ0n) is 8.28. The van der Waals surface area contributed by atoms with Crippen LogP contribution in [0.1, 0.15) is 5.56 Å². The molecule has 0 radical (unpaired) electrons. The van der Waals surface area contributed by atoms with Crippen molar-refractivity contribution in [1.82, 2.24) is 5.54 Å². The van der Waals surface area contributed by atoms with Gasteiger partial charge < -0.3 is 0 Å². The molecule has 2 aromatic carbocycles. The van der Waals surface area contributed by atoms with Crippen LogP contribution in [0, 0.1) is 0 Å². The molecular weight excluding hydrogens is 189 g/mol. The fraction of sp³-hybridized carbons (Fsp3) is 0.0769. The summed E-state index contributed by atoms with van der Waals surface area (Å²) in [6, 6.07) is 17.8. The largest absolute Gasteiger partial charge is 0.155 e. The van der Waals surface area contributed by atoms with Crippen molar-refractivity contribution in [3.63, 3.8) is 0 Å². The lowest BCUT2D eigenvalue weighted by molar-refractivity contribution is 0.330. The Labute approximate surface area is 88.5 Å². The minimum atomic E-state index is 0.241.